The van der Waals surface area contributed by atoms with Crippen molar-refractivity contribution in [3.8, 4) is 0 Å². The van der Waals surface area contributed by atoms with Crippen LogP contribution in [-0.2, 0) is 15.6 Å². The van der Waals surface area contributed by atoms with E-state index < -0.39 is 10.8 Å². The van der Waals surface area contributed by atoms with Crippen molar-refractivity contribution in [3.05, 3.63) is 52.4 Å². The number of pyridine rings is 1. The Bertz CT molecular complexity index is 1290. The number of rotatable bonds is 12. The summed E-state index contributed by atoms with van der Waals surface area (Å²) in [4.78, 5) is 35.3. The van der Waals surface area contributed by atoms with Gasteiger partial charge < -0.3 is 20.9 Å². The van der Waals surface area contributed by atoms with E-state index in [2.05, 4.69) is 63.8 Å². The van der Waals surface area contributed by atoms with Gasteiger partial charge in [0.1, 0.15) is 11.4 Å². The van der Waals surface area contributed by atoms with Crippen LogP contribution in [0.1, 0.15) is 112 Å². The lowest BCUT2D eigenvalue weighted by atomic mass is 9.83. The van der Waals surface area contributed by atoms with Gasteiger partial charge in [-0.1, -0.05) is 80.6 Å². The number of aromatic amines is 1. The van der Waals surface area contributed by atoms with Gasteiger partial charge in [-0.25, -0.2) is 4.99 Å². The zero-order valence-electron chi connectivity index (χ0n) is 28.4. The summed E-state index contributed by atoms with van der Waals surface area (Å²) >= 11 is 0. The van der Waals surface area contributed by atoms with Crippen molar-refractivity contribution < 1.29 is 9.00 Å². The molecule has 246 valence electrons. The number of nitrogens with zero attached hydrogens (tertiary/aromatic N) is 2. The topological polar surface area (TPSA) is 121 Å². The molecule has 2 heterocycles. The average Bonchev–Trinajstić information content (AvgIpc) is 2.95. The van der Waals surface area contributed by atoms with Gasteiger partial charge >= 0.3 is 0 Å². The number of hydrogen-bond donors (Lipinski definition) is 3. The molecule has 1 atom stereocenters. The van der Waals surface area contributed by atoms with E-state index in [4.69, 9.17) is 5.73 Å². The van der Waals surface area contributed by atoms with Crippen LogP contribution in [0.25, 0.3) is 0 Å². The van der Waals surface area contributed by atoms with Crippen LogP contribution in [0.15, 0.2) is 51.2 Å². The van der Waals surface area contributed by atoms with Crippen molar-refractivity contribution in [1.29, 1.82) is 0 Å². The summed E-state index contributed by atoms with van der Waals surface area (Å²) in [6.07, 6.45) is 13.2. The molecular formula is C35H57N5O3S. The maximum absolute atomic E-state index is 12.8. The predicted octanol–water partition coefficient (Wildman–Crippen LogP) is 7.38. The second-order valence-electron chi connectivity index (χ2n) is 13.7. The maximum Gasteiger partial charge on any atom is 0.261 e. The highest BCUT2D eigenvalue weighted by Gasteiger charge is 2.36. The van der Waals surface area contributed by atoms with E-state index in [0.717, 1.165) is 25.2 Å². The first-order chi connectivity index (χ1) is 20.7. The van der Waals surface area contributed by atoms with Crippen LogP contribution in [-0.4, -0.2) is 50.7 Å². The molecular weight excluding hydrogens is 570 g/mol. The minimum absolute atomic E-state index is 0.0423. The molecule has 1 aliphatic rings. The molecule has 8 nitrogen and oxygen atoms in total. The number of benzene rings is 1. The molecule has 3 rings (SSSR count). The van der Waals surface area contributed by atoms with Crippen molar-refractivity contribution in [3.63, 3.8) is 0 Å². The largest absolute Gasteiger partial charge is 0.383 e. The Morgan fingerprint density at radius 3 is 2.25 bits per heavy atom. The Morgan fingerprint density at radius 2 is 1.73 bits per heavy atom. The lowest BCUT2D eigenvalue weighted by molar-refractivity contribution is -0.134. The van der Waals surface area contributed by atoms with Gasteiger partial charge in [0, 0.05) is 53.2 Å². The molecule has 2 aromatic rings. The van der Waals surface area contributed by atoms with Gasteiger partial charge in [-0.15, -0.1) is 0 Å². The minimum Gasteiger partial charge on any atom is -0.383 e. The summed E-state index contributed by atoms with van der Waals surface area (Å²) in [5.74, 6) is 1.19. The number of nitrogens with two attached hydrogens (primary N) is 1. The third-order valence-electron chi connectivity index (χ3n) is 8.10. The van der Waals surface area contributed by atoms with Crippen molar-refractivity contribution >= 4 is 33.9 Å². The number of nitrogens with one attached hydrogen (secondary N) is 2. The summed E-state index contributed by atoms with van der Waals surface area (Å²) in [6.45, 7) is 16.5. The molecule has 44 heavy (non-hydrogen) atoms. The summed E-state index contributed by atoms with van der Waals surface area (Å²) in [5, 5.41) is 3.59. The molecule has 1 aromatic carbocycles. The molecule has 1 fully saturated rings. The number of likely N-dealkylation sites (tertiary alicyclic amines) is 1. The van der Waals surface area contributed by atoms with E-state index in [-0.39, 0.29) is 33.8 Å². The first-order valence-electron chi connectivity index (χ1n) is 16.3. The van der Waals surface area contributed by atoms with Crippen molar-refractivity contribution in [2.24, 2.45) is 22.1 Å². The van der Waals surface area contributed by atoms with E-state index in [9.17, 15) is 13.8 Å². The van der Waals surface area contributed by atoms with E-state index >= 15 is 0 Å². The summed E-state index contributed by atoms with van der Waals surface area (Å²) in [5.41, 5.74) is 7.17. The van der Waals surface area contributed by atoms with E-state index in [0.29, 0.717) is 35.8 Å². The number of H-pyrrole nitrogens is 1. The number of unbranched alkanes of at least 4 members (excludes halogenated alkanes) is 3. The molecule has 0 saturated carbocycles. The van der Waals surface area contributed by atoms with Gasteiger partial charge in [-0.3, -0.25) is 13.8 Å². The second-order valence-corrected chi connectivity index (χ2v) is 15.0. The fourth-order valence-electron chi connectivity index (χ4n) is 5.33. The fourth-order valence-corrected chi connectivity index (χ4v) is 5.85. The number of amides is 1. The number of aliphatic imine (C=N–C) groups is 1. The summed E-state index contributed by atoms with van der Waals surface area (Å²) in [6, 6.07) is 8.73. The highest BCUT2D eigenvalue weighted by Crippen LogP contribution is 2.32. The Labute approximate surface area is 268 Å². The number of carbonyl (C=O) groups excluding carboxylic acids is 1. The van der Waals surface area contributed by atoms with Gasteiger partial charge in [-0.05, 0) is 60.9 Å². The maximum atomic E-state index is 12.8. The Kier molecular flexibility index (Phi) is 14.8. The van der Waals surface area contributed by atoms with Gasteiger partial charge in [-0.2, -0.15) is 0 Å². The first kappa shape index (κ1) is 37.2. The van der Waals surface area contributed by atoms with E-state index in [1.165, 1.54) is 32.1 Å². The van der Waals surface area contributed by atoms with Crippen LogP contribution in [0.3, 0.4) is 0 Å². The van der Waals surface area contributed by atoms with Gasteiger partial charge in [0.2, 0.25) is 5.91 Å². The normalized spacial score (nSPS) is 15.8. The average molecular weight is 628 g/mol. The van der Waals surface area contributed by atoms with Gasteiger partial charge in [0.25, 0.3) is 5.56 Å². The molecule has 1 amide bonds. The lowest BCUT2D eigenvalue weighted by Gasteiger charge is -2.43. The van der Waals surface area contributed by atoms with Crippen LogP contribution in [0.2, 0.25) is 0 Å². The lowest BCUT2D eigenvalue weighted by Crippen LogP contribution is -2.51. The molecule has 1 aromatic heterocycles. The quantitative estimate of drug-likeness (QED) is 0.129. The number of aromatic nitrogens is 1. The number of anilines is 1. The smallest absolute Gasteiger partial charge is 0.261 e. The second kappa shape index (κ2) is 17.5. The SMILES string of the molecule is CCC1(Nc2cc[nH]c(=O)c2C(N)=Nc2ccc(S(C)=O)cc2)CCN(C(=O)CC(C)(C)C)CC1.CCCCCCC(C)C. The van der Waals surface area contributed by atoms with Gasteiger partial charge in [0.05, 0.1) is 11.4 Å². The molecule has 4 N–H and O–H groups in total. The van der Waals surface area contributed by atoms with E-state index in [1.54, 1.807) is 42.8 Å². The molecule has 1 unspecified atom stereocenters. The van der Waals surface area contributed by atoms with Crippen LogP contribution in [0.5, 0.6) is 0 Å². The number of amidine groups is 1. The standard InChI is InChI=1S/C26H37N5O3S.C9H20/c1-6-26(12-15-31(16-13-26)21(32)17-25(2,3)4)30-20-11-14-28-24(33)22(20)23(27)29-18-7-9-19(10-8-18)35(5)34;1-4-5-6-7-8-9(2)3/h7-11,14H,6,12-13,15-17H2,1-5H3,(H2,27,29)(H2,28,30,33);9H,4-8H2,1-3H3. The first-order valence-corrected chi connectivity index (χ1v) is 17.8. The molecule has 0 radical (unpaired) electrons. The van der Waals surface area contributed by atoms with Crippen LogP contribution in [0, 0.1) is 11.3 Å². The fraction of sp³-hybridized carbons (Fsp3) is 0.629. The van der Waals surface area contributed by atoms with Crippen molar-refractivity contribution in [1.82, 2.24) is 9.88 Å². The molecule has 0 bridgehead atoms. The van der Waals surface area contributed by atoms with Crippen molar-refractivity contribution in [2.75, 3.05) is 24.7 Å². The van der Waals surface area contributed by atoms with Gasteiger partial charge in [0.15, 0.2) is 0 Å². The van der Waals surface area contributed by atoms with Crippen molar-refractivity contribution in [2.45, 2.75) is 117 Å². The molecule has 9 heteroatoms. The third-order valence-corrected chi connectivity index (χ3v) is 9.04. The summed E-state index contributed by atoms with van der Waals surface area (Å²) < 4.78 is 11.6. The molecule has 0 spiro atoms. The Hall–Kier alpha value is -2.94. The number of hydrogen-bond acceptors (Lipinski definition) is 5. The number of carbonyl (C=O) groups is 1. The number of piperidine rings is 1. The Morgan fingerprint density at radius 1 is 1.09 bits per heavy atom. The minimum atomic E-state index is -1.08. The highest BCUT2D eigenvalue weighted by atomic mass is 32.2. The molecule has 1 saturated heterocycles. The molecule has 0 aliphatic carbocycles. The zero-order chi connectivity index (χ0) is 32.9. The Balaban J connectivity index is 0.000000651. The van der Waals surface area contributed by atoms with Crippen LogP contribution in [0.4, 0.5) is 11.4 Å². The summed E-state index contributed by atoms with van der Waals surface area (Å²) in [7, 11) is -1.08. The van der Waals surface area contributed by atoms with E-state index in [1.807, 2.05) is 4.90 Å². The van der Waals surface area contributed by atoms with Crippen LogP contribution >= 0.6 is 0 Å². The monoisotopic (exact) mass is 627 g/mol. The predicted molar refractivity (Wildman–Crippen MR) is 186 cm³/mol. The highest BCUT2D eigenvalue weighted by molar-refractivity contribution is 7.84. The molecule has 1 aliphatic heterocycles. The third kappa shape index (κ3) is 12.2. The zero-order valence-corrected chi connectivity index (χ0v) is 29.2. The van der Waals surface area contributed by atoms with Crippen LogP contribution < -0.4 is 16.6 Å².